The van der Waals surface area contributed by atoms with E-state index >= 15 is 0 Å². The van der Waals surface area contributed by atoms with Gasteiger partial charge in [0.25, 0.3) is 5.91 Å². The monoisotopic (exact) mass is 368 g/mol. The molecule has 134 valence electrons. The number of anilines is 1. The summed E-state index contributed by atoms with van der Waals surface area (Å²) in [7, 11) is 1.55. The fourth-order valence-electron chi connectivity index (χ4n) is 2.59. The first-order chi connectivity index (χ1) is 12.6. The van der Waals surface area contributed by atoms with Gasteiger partial charge >= 0.3 is 0 Å². The first-order valence-electron chi connectivity index (χ1n) is 8.27. The zero-order valence-corrected chi connectivity index (χ0v) is 15.7. The van der Waals surface area contributed by atoms with Crippen molar-refractivity contribution in [3.05, 3.63) is 59.0 Å². The van der Waals surface area contributed by atoms with Crippen LogP contribution < -0.4 is 14.8 Å². The summed E-state index contributed by atoms with van der Waals surface area (Å²) in [4.78, 5) is 18.1. The number of hydrogen-bond acceptors (Lipinski definition) is 5. The molecule has 0 saturated carbocycles. The van der Waals surface area contributed by atoms with E-state index in [0.717, 1.165) is 21.9 Å². The van der Waals surface area contributed by atoms with Crippen LogP contribution in [-0.2, 0) is 0 Å². The van der Waals surface area contributed by atoms with Crippen LogP contribution in [0.3, 0.4) is 0 Å². The summed E-state index contributed by atoms with van der Waals surface area (Å²) in [5.74, 6) is 1.12. The van der Waals surface area contributed by atoms with Gasteiger partial charge in [-0.1, -0.05) is 12.1 Å². The summed E-state index contributed by atoms with van der Waals surface area (Å²) in [6.45, 7) is 4.57. The van der Waals surface area contributed by atoms with Crippen molar-refractivity contribution in [2.24, 2.45) is 0 Å². The Morgan fingerprint density at radius 1 is 1.15 bits per heavy atom. The molecule has 0 radical (unpaired) electrons. The van der Waals surface area contributed by atoms with Gasteiger partial charge in [-0.25, -0.2) is 4.98 Å². The lowest BCUT2D eigenvalue weighted by atomic mass is 10.1. The lowest BCUT2D eigenvalue weighted by Crippen LogP contribution is -2.12. The summed E-state index contributed by atoms with van der Waals surface area (Å²) >= 11 is 1.44. The number of aryl methyl sites for hydroxylation is 1. The van der Waals surface area contributed by atoms with Crippen LogP contribution in [0.25, 0.3) is 11.3 Å². The number of nitrogens with zero attached hydrogens (tertiary/aromatic N) is 1. The molecule has 1 heterocycles. The van der Waals surface area contributed by atoms with E-state index in [0.29, 0.717) is 23.1 Å². The number of aromatic nitrogens is 1. The van der Waals surface area contributed by atoms with E-state index in [9.17, 15) is 4.79 Å². The Morgan fingerprint density at radius 3 is 2.58 bits per heavy atom. The molecule has 0 unspecified atom stereocenters. The van der Waals surface area contributed by atoms with Crippen LogP contribution in [-0.4, -0.2) is 24.6 Å². The predicted octanol–water partition coefficient (Wildman–Crippen LogP) is 4.78. The average molecular weight is 368 g/mol. The van der Waals surface area contributed by atoms with Crippen molar-refractivity contribution in [1.82, 2.24) is 4.98 Å². The molecule has 3 rings (SSSR count). The Morgan fingerprint density at radius 2 is 1.88 bits per heavy atom. The number of methoxy groups -OCH3 is 1. The summed E-state index contributed by atoms with van der Waals surface area (Å²) < 4.78 is 10.7. The maximum Gasteiger partial charge on any atom is 0.261 e. The van der Waals surface area contributed by atoms with Gasteiger partial charge in [0.05, 0.1) is 25.0 Å². The number of thiazole rings is 1. The highest BCUT2D eigenvalue weighted by Crippen LogP contribution is 2.32. The Balaban J connectivity index is 1.80. The smallest absolute Gasteiger partial charge is 0.261 e. The third kappa shape index (κ3) is 3.86. The van der Waals surface area contributed by atoms with E-state index < -0.39 is 0 Å². The molecule has 5 nitrogen and oxygen atoms in total. The van der Waals surface area contributed by atoms with E-state index in [4.69, 9.17) is 9.47 Å². The zero-order chi connectivity index (χ0) is 18.5. The number of benzene rings is 2. The van der Waals surface area contributed by atoms with Crippen molar-refractivity contribution in [1.29, 1.82) is 0 Å². The Hall–Kier alpha value is -2.86. The second-order valence-corrected chi connectivity index (χ2v) is 6.74. The van der Waals surface area contributed by atoms with Crippen molar-refractivity contribution < 1.29 is 14.3 Å². The highest BCUT2D eigenvalue weighted by atomic mass is 32.1. The van der Waals surface area contributed by atoms with Gasteiger partial charge in [-0.05, 0) is 50.2 Å². The molecule has 3 aromatic rings. The fraction of sp³-hybridized carbons (Fsp3) is 0.200. The molecule has 0 aliphatic heterocycles. The highest BCUT2D eigenvalue weighted by molar-refractivity contribution is 7.16. The van der Waals surface area contributed by atoms with E-state index in [2.05, 4.69) is 10.3 Å². The molecule has 0 saturated heterocycles. The molecule has 0 spiro atoms. The molecule has 0 atom stereocenters. The van der Waals surface area contributed by atoms with Gasteiger partial charge in [0, 0.05) is 10.4 Å². The van der Waals surface area contributed by atoms with Crippen molar-refractivity contribution >= 4 is 22.4 Å². The van der Waals surface area contributed by atoms with Crippen LogP contribution in [0.1, 0.15) is 22.2 Å². The van der Waals surface area contributed by atoms with Crippen LogP contribution in [0, 0.1) is 6.92 Å². The standard InChI is InChI=1S/C20H20N2O3S/c1-4-25-15-11-9-14(10-12-15)18-13(2)26-20(21-18)22-19(23)16-7-5-6-8-17(16)24-3/h5-12H,4H2,1-3H3,(H,21,22,23). The van der Waals surface area contributed by atoms with Gasteiger partial charge in [0.15, 0.2) is 5.13 Å². The average Bonchev–Trinajstić information content (AvgIpc) is 3.02. The van der Waals surface area contributed by atoms with E-state index in [-0.39, 0.29) is 5.91 Å². The molecule has 1 N–H and O–H groups in total. The number of para-hydroxylation sites is 1. The molecule has 0 fully saturated rings. The molecular formula is C20H20N2O3S. The summed E-state index contributed by atoms with van der Waals surface area (Å²) in [6.07, 6.45) is 0. The first kappa shape index (κ1) is 17.9. The van der Waals surface area contributed by atoms with Crippen LogP contribution >= 0.6 is 11.3 Å². The molecule has 1 amide bonds. The number of hydrogen-bond donors (Lipinski definition) is 1. The van der Waals surface area contributed by atoms with Crippen molar-refractivity contribution in [2.45, 2.75) is 13.8 Å². The second kappa shape index (κ2) is 8.01. The Kier molecular flexibility index (Phi) is 5.53. The number of carbonyl (C=O) groups is 1. The molecule has 0 aliphatic carbocycles. The minimum atomic E-state index is -0.241. The fourth-order valence-corrected chi connectivity index (χ4v) is 3.42. The van der Waals surface area contributed by atoms with Crippen LogP contribution in [0.4, 0.5) is 5.13 Å². The summed E-state index contributed by atoms with van der Waals surface area (Å²) in [5, 5.41) is 3.42. The van der Waals surface area contributed by atoms with Crippen molar-refractivity contribution in [3.8, 4) is 22.8 Å². The molecule has 1 aromatic heterocycles. The normalized spacial score (nSPS) is 10.4. The number of ether oxygens (including phenoxy) is 2. The summed E-state index contributed by atoms with van der Waals surface area (Å²) in [6, 6.07) is 14.9. The van der Waals surface area contributed by atoms with Crippen LogP contribution in [0.5, 0.6) is 11.5 Å². The quantitative estimate of drug-likeness (QED) is 0.680. The number of nitrogens with one attached hydrogen (secondary N) is 1. The SMILES string of the molecule is CCOc1ccc(-c2nc(NC(=O)c3ccccc3OC)sc2C)cc1. The third-order valence-corrected chi connectivity index (χ3v) is 4.69. The highest BCUT2D eigenvalue weighted by Gasteiger charge is 2.15. The molecule has 6 heteroatoms. The van der Waals surface area contributed by atoms with Gasteiger partial charge < -0.3 is 9.47 Å². The minimum Gasteiger partial charge on any atom is -0.496 e. The van der Waals surface area contributed by atoms with Gasteiger partial charge in [-0.2, -0.15) is 0 Å². The Labute approximate surface area is 156 Å². The topological polar surface area (TPSA) is 60.5 Å². The molecular weight excluding hydrogens is 348 g/mol. The van der Waals surface area contributed by atoms with Gasteiger partial charge in [0.2, 0.25) is 0 Å². The number of carbonyl (C=O) groups excluding carboxylic acids is 1. The van der Waals surface area contributed by atoms with Crippen LogP contribution in [0.15, 0.2) is 48.5 Å². The predicted molar refractivity (Wildman–Crippen MR) is 104 cm³/mol. The molecule has 2 aromatic carbocycles. The lowest BCUT2D eigenvalue weighted by molar-refractivity contribution is 0.102. The Bertz CT molecular complexity index is 904. The van der Waals surface area contributed by atoms with E-state index in [1.54, 1.807) is 25.3 Å². The minimum absolute atomic E-state index is 0.241. The molecule has 0 aliphatic rings. The maximum absolute atomic E-state index is 12.5. The first-order valence-corrected chi connectivity index (χ1v) is 9.09. The lowest BCUT2D eigenvalue weighted by Gasteiger charge is -2.07. The molecule has 26 heavy (non-hydrogen) atoms. The second-order valence-electron chi connectivity index (χ2n) is 5.54. The van der Waals surface area contributed by atoms with Gasteiger partial charge in [0.1, 0.15) is 11.5 Å². The van der Waals surface area contributed by atoms with Crippen molar-refractivity contribution in [2.75, 3.05) is 19.0 Å². The zero-order valence-electron chi connectivity index (χ0n) is 14.9. The van der Waals surface area contributed by atoms with Crippen molar-refractivity contribution in [3.63, 3.8) is 0 Å². The number of rotatable bonds is 6. The largest absolute Gasteiger partial charge is 0.496 e. The van der Waals surface area contributed by atoms with Gasteiger partial charge in [-0.3, -0.25) is 10.1 Å². The van der Waals surface area contributed by atoms with Gasteiger partial charge in [-0.15, -0.1) is 11.3 Å². The molecule has 0 bridgehead atoms. The van der Waals surface area contributed by atoms with E-state index in [1.165, 1.54) is 11.3 Å². The maximum atomic E-state index is 12.5. The third-order valence-electron chi connectivity index (χ3n) is 3.81. The van der Waals surface area contributed by atoms with Crippen LogP contribution in [0.2, 0.25) is 0 Å². The van der Waals surface area contributed by atoms with E-state index in [1.807, 2.05) is 44.2 Å². The summed E-state index contributed by atoms with van der Waals surface area (Å²) in [5.41, 5.74) is 2.32. The number of amides is 1.